The Morgan fingerprint density at radius 1 is 1.08 bits per heavy atom. The average Bonchev–Trinajstić information content (AvgIpc) is 3.21. The van der Waals surface area contributed by atoms with Gasteiger partial charge in [0.2, 0.25) is 0 Å². The number of aryl methyl sites for hydroxylation is 2. The van der Waals surface area contributed by atoms with Crippen molar-refractivity contribution >= 4 is 52.6 Å². The Hall–Kier alpha value is -1.52. The minimum Gasteiger partial charge on any atom is -0.351 e. The van der Waals surface area contributed by atoms with Gasteiger partial charge in [0.1, 0.15) is 10.0 Å². The summed E-state index contributed by atoms with van der Waals surface area (Å²) in [5, 5.41) is 10.8. The molecule has 3 rings (SSSR count). The second kappa shape index (κ2) is 9.98. The number of nitrogens with zero attached hydrogens (tertiary/aromatic N) is 3. The highest BCUT2D eigenvalue weighted by atomic mass is 127. The molecule has 138 valence electrons. The van der Waals surface area contributed by atoms with Gasteiger partial charge in [-0.3, -0.25) is 4.99 Å². The van der Waals surface area contributed by atoms with Crippen LogP contribution in [0, 0.1) is 13.8 Å². The molecule has 8 heteroatoms. The largest absolute Gasteiger partial charge is 0.351 e. The fourth-order valence-corrected chi connectivity index (χ4v) is 4.04. The van der Waals surface area contributed by atoms with E-state index in [2.05, 4.69) is 45.0 Å². The molecule has 0 fully saturated rings. The molecule has 2 aromatic heterocycles. The van der Waals surface area contributed by atoms with Crippen molar-refractivity contribution in [2.24, 2.45) is 4.99 Å². The van der Waals surface area contributed by atoms with Crippen molar-refractivity contribution in [3.63, 3.8) is 0 Å². The van der Waals surface area contributed by atoms with E-state index in [1.165, 1.54) is 4.88 Å². The zero-order chi connectivity index (χ0) is 17.6. The third-order valence-corrected chi connectivity index (χ3v) is 5.80. The number of thiazole rings is 2. The number of guanidine groups is 1. The molecule has 0 aliphatic carbocycles. The molecule has 0 atom stereocenters. The molecule has 0 radical (unpaired) electrons. The molecule has 0 aliphatic rings. The predicted octanol–water partition coefficient (Wildman–Crippen LogP) is 4.37. The van der Waals surface area contributed by atoms with Crippen molar-refractivity contribution in [3.8, 4) is 10.6 Å². The highest BCUT2D eigenvalue weighted by Crippen LogP contribution is 2.27. The maximum atomic E-state index is 4.69. The van der Waals surface area contributed by atoms with Crippen molar-refractivity contribution < 1.29 is 0 Å². The molecule has 0 aliphatic heterocycles. The van der Waals surface area contributed by atoms with Gasteiger partial charge >= 0.3 is 0 Å². The molecule has 2 heterocycles. The number of nitrogens with one attached hydrogen (secondary N) is 2. The molecule has 0 saturated heterocycles. The van der Waals surface area contributed by atoms with E-state index in [-0.39, 0.29) is 24.0 Å². The summed E-state index contributed by atoms with van der Waals surface area (Å²) < 4.78 is 0. The number of rotatable bonds is 5. The SMILES string of the molecule is CN=C(NCc1nc(C)cs1)NCc1sc(-c2ccccc2)nc1C.I. The lowest BCUT2D eigenvalue weighted by atomic mass is 10.2. The summed E-state index contributed by atoms with van der Waals surface area (Å²) in [4.78, 5) is 14.6. The minimum absolute atomic E-state index is 0. The van der Waals surface area contributed by atoms with Crippen LogP contribution >= 0.6 is 46.7 Å². The third-order valence-electron chi connectivity index (χ3n) is 3.63. The second-order valence-electron chi connectivity index (χ2n) is 5.56. The van der Waals surface area contributed by atoms with E-state index in [9.17, 15) is 0 Å². The lowest BCUT2D eigenvalue weighted by molar-refractivity contribution is 0.806. The number of aromatic nitrogens is 2. The normalized spacial score (nSPS) is 11.1. The van der Waals surface area contributed by atoms with Gasteiger partial charge in [0.25, 0.3) is 0 Å². The number of benzene rings is 1. The standard InChI is InChI=1S/C18H21N5S2.HI/c1-12-11-24-16(22-12)10-21-18(19-3)20-9-15-13(2)23-17(25-15)14-7-5-4-6-8-14;/h4-8,11H,9-10H2,1-3H3,(H2,19,20,21);1H. The van der Waals surface area contributed by atoms with Crippen LogP contribution in [0.15, 0.2) is 40.7 Å². The number of halogens is 1. The lowest BCUT2D eigenvalue weighted by Gasteiger charge is -2.10. The van der Waals surface area contributed by atoms with Crippen LogP contribution in [0.1, 0.15) is 21.3 Å². The van der Waals surface area contributed by atoms with Crippen molar-refractivity contribution in [2.45, 2.75) is 26.9 Å². The van der Waals surface area contributed by atoms with Gasteiger partial charge in [-0.05, 0) is 13.8 Å². The van der Waals surface area contributed by atoms with Crippen molar-refractivity contribution in [3.05, 3.63) is 57.0 Å². The van der Waals surface area contributed by atoms with Gasteiger partial charge in [0, 0.05) is 28.6 Å². The Bertz CT molecular complexity index is 858. The van der Waals surface area contributed by atoms with E-state index in [0.717, 1.165) is 32.9 Å². The van der Waals surface area contributed by atoms with Crippen LogP contribution in [-0.2, 0) is 13.1 Å². The molecule has 0 amide bonds. The van der Waals surface area contributed by atoms with Crippen molar-refractivity contribution in [2.75, 3.05) is 7.05 Å². The summed E-state index contributed by atoms with van der Waals surface area (Å²) in [6.45, 7) is 5.43. The maximum Gasteiger partial charge on any atom is 0.191 e. The van der Waals surface area contributed by atoms with E-state index < -0.39 is 0 Å². The summed E-state index contributed by atoms with van der Waals surface area (Å²) in [7, 11) is 1.78. The Labute approximate surface area is 179 Å². The van der Waals surface area contributed by atoms with Crippen LogP contribution in [0.2, 0.25) is 0 Å². The Balaban J connectivity index is 0.00000243. The Kier molecular flexibility index (Phi) is 7.98. The summed E-state index contributed by atoms with van der Waals surface area (Å²) in [5.41, 5.74) is 3.27. The molecule has 26 heavy (non-hydrogen) atoms. The highest BCUT2D eigenvalue weighted by Gasteiger charge is 2.10. The van der Waals surface area contributed by atoms with Crippen molar-refractivity contribution in [1.29, 1.82) is 0 Å². The first kappa shape index (κ1) is 20.8. The van der Waals surface area contributed by atoms with Crippen LogP contribution in [0.25, 0.3) is 10.6 Å². The average molecular weight is 499 g/mol. The fraction of sp³-hybridized carbons (Fsp3) is 0.278. The molecular weight excluding hydrogens is 477 g/mol. The monoisotopic (exact) mass is 499 g/mol. The number of hydrogen-bond donors (Lipinski definition) is 2. The molecule has 0 saturated carbocycles. The zero-order valence-corrected chi connectivity index (χ0v) is 18.9. The highest BCUT2D eigenvalue weighted by molar-refractivity contribution is 14.0. The quantitative estimate of drug-likeness (QED) is 0.311. The molecule has 1 aromatic carbocycles. The molecule has 0 spiro atoms. The van der Waals surface area contributed by atoms with Gasteiger partial charge in [0.05, 0.1) is 18.8 Å². The van der Waals surface area contributed by atoms with E-state index >= 15 is 0 Å². The fourth-order valence-electron chi connectivity index (χ4n) is 2.32. The van der Waals surface area contributed by atoms with Crippen LogP contribution in [0.5, 0.6) is 0 Å². The minimum atomic E-state index is 0. The first-order valence-corrected chi connectivity index (χ1v) is 9.72. The molecule has 3 aromatic rings. The Morgan fingerprint density at radius 2 is 1.81 bits per heavy atom. The molecule has 0 bridgehead atoms. The summed E-state index contributed by atoms with van der Waals surface area (Å²) in [5.74, 6) is 0.766. The van der Waals surface area contributed by atoms with E-state index in [1.807, 2.05) is 25.1 Å². The van der Waals surface area contributed by atoms with Crippen LogP contribution in [0.3, 0.4) is 0 Å². The molecule has 0 unspecified atom stereocenters. The first-order valence-electron chi connectivity index (χ1n) is 8.03. The molecular formula is C18H22IN5S2. The summed E-state index contributed by atoms with van der Waals surface area (Å²) >= 11 is 3.37. The van der Waals surface area contributed by atoms with E-state index in [0.29, 0.717) is 13.1 Å². The van der Waals surface area contributed by atoms with Crippen LogP contribution in [-0.4, -0.2) is 23.0 Å². The lowest BCUT2D eigenvalue weighted by Crippen LogP contribution is -2.36. The third kappa shape index (κ3) is 5.49. The van der Waals surface area contributed by atoms with Gasteiger partial charge in [-0.2, -0.15) is 0 Å². The smallest absolute Gasteiger partial charge is 0.191 e. The van der Waals surface area contributed by atoms with Gasteiger partial charge in [-0.25, -0.2) is 9.97 Å². The first-order chi connectivity index (χ1) is 12.2. The van der Waals surface area contributed by atoms with Gasteiger partial charge in [0.15, 0.2) is 5.96 Å². The van der Waals surface area contributed by atoms with Crippen molar-refractivity contribution in [1.82, 2.24) is 20.6 Å². The molecule has 2 N–H and O–H groups in total. The summed E-state index contributed by atoms with van der Waals surface area (Å²) in [6, 6.07) is 10.3. The van der Waals surface area contributed by atoms with E-state index in [4.69, 9.17) is 4.98 Å². The van der Waals surface area contributed by atoms with Gasteiger partial charge in [-0.15, -0.1) is 46.7 Å². The van der Waals surface area contributed by atoms with Crippen LogP contribution in [0.4, 0.5) is 0 Å². The van der Waals surface area contributed by atoms with Gasteiger partial charge in [-0.1, -0.05) is 30.3 Å². The zero-order valence-electron chi connectivity index (χ0n) is 14.9. The predicted molar refractivity (Wildman–Crippen MR) is 122 cm³/mol. The number of hydrogen-bond acceptors (Lipinski definition) is 5. The van der Waals surface area contributed by atoms with Crippen LogP contribution < -0.4 is 10.6 Å². The molecule has 5 nitrogen and oxygen atoms in total. The van der Waals surface area contributed by atoms with E-state index in [1.54, 1.807) is 29.7 Å². The second-order valence-corrected chi connectivity index (χ2v) is 7.58. The topological polar surface area (TPSA) is 62.2 Å². The Morgan fingerprint density at radius 3 is 2.46 bits per heavy atom. The van der Waals surface area contributed by atoms with Gasteiger partial charge < -0.3 is 10.6 Å². The summed E-state index contributed by atoms with van der Waals surface area (Å²) in [6.07, 6.45) is 0. The number of aliphatic imine (C=N–C) groups is 1. The maximum absolute atomic E-state index is 4.69.